The van der Waals surface area contributed by atoms with Gasteiger partial charge in [-0.2, -0.15) is 0 Å². The highest BCUT2D eigenvalue weighted by Gasteiger charge is 2.17. The van der Waals surface area contributed by atoms with Gasteiger partial charge < -0.3 is 15.0 Å². The third-order valence-corrected chi connectivity index (χ3v) is 4.43. The molecule has 0 saturated carbocycles. The van der Waals surface area contributed by atoms with Crippen LogP contribution in [0, 0.1) is 0 Å². The second-order valence-electron chi connectivity index (χ2n) is 5.86. The van der Waals surface area contributed by atoms with Gasteiger partial charge in [-0.15, -0.1) is 0 Å². The molecule has 2 aromatic carbocycles. The number of benzene rings is 2. The molecule has 0 bridgehead atoms. The van der Waals surface area contributed by atoms with Gasteiger partial charge in [0.2, 0.25) is 5.91 Å². The molecule has 1 heterocycles. The Kier molecular flexibility index (Phi) is 4.95. The van der Waals surface area contributed by atoms with Crippen molar-refractivity contribution in [3.05, 3.63) is 47.0 Å². The lowest BCUT2D eigenvalue weighted by atomic mass is 9.98. The van der Waals surface area contributed by atoms with E-state index < -0.39 is 5.97 Å². The maximum atomic E-state index is 12.3. The Labute approximate surface area is 150 Å². The summed E-state index contributed by atoms with van der Waals surface area (Å²) in [6.07, 6.45) is 0. The summed E-state index contributed by atoms with van der Waals surface area (Å²) in [5.41, 5.74) is 2.81. The molecule has 0 aliphatic carbocycles. The van der Waals surface area contributed by atoms with Crippen molar-refractivity contribution in [2.24, 2.45) is 0 Å². The summed E-state index contributed by atoms with van der Waals surface area (Å²) in [5, 5.41) is 5.40. The van der Waals surface area contributed by atoms with Gasteiger partial charge in [-0.25, -0.2) is 0 Å². The molecular formula is C19H19ClN2O3. The first kappa shape index (κ1) is 17.3. The number of carbonyl (C=O) groups excluding carboxylic acids is 2. The molecule has 1 aromatic heterocycles. The lowest BCUT2D eigenvalue weighted by Crippen LogP contribution is -2.33. The highest BCUT2D eigenvalue weighted by atomic mass is 35.5. The molecule has 0 aliphatic heterocycles. The summed E-state index contributed by atoms with van der Waals surface area (Å²) < 4.78 is 4.81. The van der Waals surface area contributed by atoms with Crippen molar-refractivity contribution >= 4 is 45.3 Å². The van der Waals surface area contributed by atoms with Crippen molar-refractivity contribution in [2.75, 3.05) is 13.2 Å². The Bertz CT molecular complexity index is 948. The lowest BCUT2D eigenvalue weighted by Gasteiger charge is -2.12. The van der Waals surface area contributed by atoms with E-state index in [-0.39, 0.29) is 18.4 Å². The zero-order valence-electron chi connectivity index (χ0n) is 14.1. The standard InChI is InChI=1S/C19H19ClN2O3/c1-3-25-18(23)10-21-19(24)11(2)12-4-6-14-15-9-13(20)5-7-16(15)22-17(14)8-12/h4-9,11,22H,3,10H2,1-2H3,(H,21,24). The smallest absolute Gasteiger partial charge is 0.325 e. The molecule has 2 N–H and O–H groups in total. The Morgan fingerprint density at radius 2 is 1.96 bits per heavy atom. The first-order chi connectivity index (χ1) is 12.0. The summed E-state index contributed by atoms with van der Waals surface area (Å²) >= 11 is 6.08. The number of esters is 1. The molecule has 3 aromatic rings. The van der Waals surface area contributed by atoms with E-state index in [0.29, 0.717) is 11.6 Å². The Morgan fingerprint density at radius 3 is 2.72 bits per heavy atom. The monoisotopic (exact) mass is 358 g/mol. The van der Waals surface area contributed by atoms with Crippen molar-refractivity contribution in [1.29, 1.82) is 0 Å². The molecule has 0 radical (unpaired) electrons. The first-order valence-corrected chi connectivity index (χ1v) is 8.51. The summed E-state index contributed by atoms with van der Waals surface area (Å²) in [6, 6.07) is 11.6. The van der Waals surface area contributed by atoms with Crippen LogP contribution in [0.15, 0.2) is 36.4 Å². The number of H-pyrrole nitrogens is 1. The van der Waals surface area contributed by atoms with E-state index in [4.69, 9.17) is 16.3 Å². The van der Waals surface area contributed by atoms with Crippen LogP contribution < -0.4 is 5.32 Å². The molecule has 25 heavy (non-hydrogen) atoms. The van der Waals surface area contributed by atoms with E-state index in [0.717, 1.165) is 27.4 Å². The Balaban J connectivity index is 1.82. The minimum Gasteiger partial charge on any atom is -0.465 e. The van der Waals surface area contributed by atoms with Gasteiger partial charge in [-0.05, 0) is 43.7 Å². The van der Waals surface area contributed by atoms with E-state index in [2.05, 4.69) is 10.3 Å². The predicted molar refractivity (Wildman–Crippen MR) is 98.9 cm³/mol. The number of hydrogen-bond donors (Lipinski definition) is 2. The van der Waals surface area contributed by atoms with E-state index in [9.17, 15) is 9.59 Å². The van der Waals surface area contributed by atoms with Crippen molar-refractivity contribution in [3.8, 4) is 0 Å². The van der Waals surface area contributed by atoms with Crippen molar-refractivity contribution in [1.82, 2.24) is 10.3 Å². The SMILES string of the molecule is CCOC(=O)CNC(=O)C(C)c1ccc2c(c1)[nH]c1ccc(Cl)cc12. The van der Waals surface area contributed by atoms with Crippen molar-refractivity contribution in [2.45, 2.75) is 19.8 Å². The number of halogens is 1. The van der Waals surface area contributed by atoms with E-state index in [1.807, 2.05) is 36.4 Å². The van der Waals surface area contributed by atoms with E-state index >= 15 is 0 Å². The molecule has 0 aliphatic rings. The second kappa shape index (κ2) is 7.15. The Morgan fingerprint density at radius 1 is 1.16 bits per heavy atom. The lowest BCUT2D eigenvalue weighted by molar-refractivity contribution is -0.143. The fourth-order valence-corrected chi connectivity index (χ4v) is 3.01. The predicted octanol–water partition coefficient (Wildman–Crippen LogP) is 3.76. The molecule has 5 nitrogen and oxygen atoms in total. The zero-order chi connectivity index (χ0) is 18.0. The molecule has 6 heteroatoms. The van der Waals surface area contributed by atoms with Crippen LogP contribution in [0.25, 0.3) is 21.8 Å². The number of rotatable bonds is 5. The fraction of sp³-hybridized carbons (Fsp3) is 0.263. The van der Waals surface area contributed by atoms with Gasteiger partial charge in [0.1, 0.15) is 6.54 Å². The maximum absolute atomic E-state index is 12.3. The van der Waals surface area contributed by atoms with Gasteiger partial charge in [0.15, 0.2) is 0 Å². The molecule has 3 rings (SSSR count). The van der Waals surface area contributed by atoms with Gasteiger partial charge >= 0.3 is 5.97 Å². The van der Waals surface area contributed by atoms with Crippen LogP contribution in [0.1, 0.15) is 25.3 Å². The average Bonchev–Trinajstić information content (AvgIpc) is 2.96. The van der Waals surface area contributed by atoms with Gasteiger partial charge in [-0.3, -0.25) is 9.59 Å². The molecule has 1 unspecified atom stereocenters. The number of fused-ring (bicyclic) bond motifs is 3. The van der Waals surface area contributed by atoms with Crippen LogP contribution in [0.5, 0.6) is 0 Å². The highest BCUT2D eigenvalue weighted by molar-refractivity contribution is 6.31. The third-order valence-electron chi connectivity index (χ3n) is 4.19. The normalized spacial score (nSPS) is 12.3. The van der Waals surface area contributed by atoms with Gasteiger partial charge in [0, 0.05) is 26.8 Å². The van der Waals surface area contributed by atoms with Gasteiger partial charge in [0.05, 0.1) is 12.5 Å². The number of amides is 1. The topological polar surface area (TPSA) is 71.2 Å². The number of nitrogens with one attached hydrogen (secondary N) is 2. The van der Waals surface area contributed by atoms with Gasteiger partial charge in [0.25, 0.3) is 0 Å². The minimum atomic E-state index is -0.439. The number of hydrogen-bond acceptors (Lipinski definition) is 3. The van der Waals surface area contributed by atoms with Crippen molar-refractivity contribution < 1.29 is 14.3 Å². The van der Waals surface area contributed by atoms with Crippen LogP contribution >= 0.6 is 11.6 Å². The van der Waals surface area contributed by atoms with Crippen LogP contribution in [0.2, 0.25) is 5.02 Å². The zero-order valence-corrected chi connectivity index (χ0v) is 14.8. The maximum Gasteiger partial charge on any atom is 0.325 e. The van der Waals surface area contributed by atoms with Crippen LogP contribution in [-0.4, -0.2) is 30.0 Å². The van der Waals surface area contributed by atoms with Crippen molar-refractivity contribution in [3.63, 3.8) is 0 Å². The van der Waals surface area contributed by atoms with Gasteiger partial charge in [-0.1, -0.05) is 23.7 Å². The van der Waals surface area contributed by atoms with Crippen LogP contribution in [-0.2, 0) is 14.3 Å². The van der Waals surface area contributed by atoms with Crippen LogP contribution in [0.3, 0.4) is 0 Å². The van der Waals surface area contributed by atoms with E-state index in [1.54, 1.807) is 13.8 Å². The molecule has 0 saturated heterocycles. The molecule has 0 spiro atoms. The summed E-state index contributed by atoms with van der Waals surface area (Å²) in [4.78, 5) is 27.0. The Hall–Kier alpha value is -2.53. The van der Waals surface area contributed by atoms with Crippen LogP contribution in [0.4, 0.5) is 0 Å². The molecule has 1 atom stereocenters. The van der Waals surface area contributed by atoms with E-state index in [1.165, 1.54) is 0 Å². The number of aromatic amines is 1. The quantitative estimate of drug-likeness (QED) is 0.682. The summed E-state index contributed by atoms with van der Waals surface area (Å²) in [5.74, 6) is -1.04. The molecule has 130 valence electrons. The highest BCUT2D eigenvalue weighted by Crippen LogP contribution is 2.30. The number of aromatic nitrogens is 1. The minimum absolute atomic E-state index is 0.121. The first-order valence-electron chi connectivity index (χ1n) is 8.14. The number of carbonyl (C=O) groups is 2. The fourth-order valence-electron chi connectivity index (χ4n) is 2.84. The summed E-state index contributed by atoms with van der Waals surface area (Å²) in [7, 11) is 0. The average molecular weight is 359 g/mol. The molecular weight excluding hydrogens is 340 g/mol. The summed E-state index contributed by atoms with van der Waals surface area (Å²) in [6.45, 7) is 3.71. The molecule has 1 amide bonds. The number of ether oxygens (including phenoxy) is 1. The molecule has 0 fully saturated rings. The second-order valence-corrected chi connectivity index (χ2v) is 6.30. The largest absolute Gasteiger partial charge is 0.465 e. The third kappa shape index (κ3) is 3.61.